The molecule has 2 N–H and O–H groups in total. The van der Waals surface area contributed by atoms with Gasteiger partial charge in [0.1, 0.15) is 5.69 Å². The van der Waals surface area contributed by atoms with E-state index < -0.39 is 5.97 Å². The number of pyridine rings is 1. The van der Waals surface area contributed by atoms with Crippen LogP contribution in [0.4, 0.5) is 5.69 Å². The first-order valence-electron chi connectivity index (χ1n) is 4.64. The highest BCUT2D eigenvalue weighted by molar-refractivity contribution is 5.87. The maximum Gasteiger partial charge on any atom is 0.354 e. The minimum Gasteiger partial charge on any atom is -0.477 e. The van der Waals surface area contributed by atoms with E-state index in [-0.39, 0.29) is 18.1 Å². The molecule has 1 amide bonds. The van der Waals surface area contributed by atoms with E-state index in [1.807, 2.05) is 0 Å². The minimum atomic E-state index is -1.09. The molecule has 1 aromatic rings. The van der Waals surface area contributed by atoms with Gasteiger partial charge in [-0.25, -0.2) is 9.78 Å². The Hall–Kier alpha value is -2.11. The third kappa shape index (κ3) is 3.23. The van der Waals surface area contributed by atoms with Crippen LogP contribution in [0.15, 0.2) is 18.3 Å². The number of likely N-dealkylation sites (N-methyl/N-ethyl adjacent to an activating group) is 1. The summed E-state index contributed by atoms with van der Waals surface area (Å²) in [6.45, 7) is 0.121. The second kappa shape index (κ2) is 5.11. The van der Waals surface area contributed by atoms with Gasteiger partial charge in [0.15, 0.2) is 0 Å². The van der Waals surface area contributed by atoms with Gasteiger partial charge >= 0.3 is 5.97 Å². The highest BCUT2D eigenvalue weighted by Gasteiger charge is 2.06. The van der Waals surface area contributed by atoms with Crippen LogP contribution >= 0.6 is 0 Å². The smallest absolute Gasteiger partial charge is 0.354 e. The lowest BCUT2D eigenvalue weighted by Crippen LogP contribution is -2.28. The first kappa shape index (κ1) is 12.0. The summed E-state index contributed by atoms with van der Waals surface area (Å²) >= 11 is 0. The number of nitrogens with one attached hydrogen (secondary N) is 1. The number of aromatic nitrogens is 1. The molecule has 16 heavy (non-hydrogen) atoms. The third-order valence-corrected chi connectivity index (χ3v) is 1.92. The first-order chi connectivity index (χ1) is 7.50. The predicted octanol–water partition coefficient (Wildman–Crippen LogP) is 0.280. The number of rotatable bonds is 4. The van der Waals surface area contributed by atoms with Crippen molar-refractivity contribution in [2.45, 2.75) is 0 Å². The Labute approximate surface area is 92.9 Å². The van der Waals surface area contributed by atoms with Gasteiger partial charge in [-0.05, 0) is 12.1 Å². The van der Waals surface area contributed by atoms with Gasteiger partial charge in [-0.1, -0.05) is 0 Å². The Morgan fingerprint density at radius 2 is 2.19 bits per heavy atom. The molecular weight excluding hydrogens is 210 g/mol. The molecule has 0 unspecified atom stereocenters. The van der Waals surface area contributed by atoms with Gasteiger partial charge in [-0.2, -0.15) is 0 Å². The van der Waals surface area contributed by atoms with Gasteiger partial charge < -0.3 is 15.3 Å². The Morgan fingerprint density at radius 3 is 2.75 bits per heavy atom. The van der Waals surface area contributed by atoms with E-state index in [0.717, 1.165) is 0 Å². The molecule has 0 saturated heterocycles. The predicted molar refractivity (Wildman–Crippen MR) is 58.4 cm³/mol. The lowest BCUT2D eigenvalue weighted by atomic mass is 10.3. The van der Waals surface area contributed by atoms with E-state index in [4.69, 9.17) is 5.11 Å². The molecule has 1 heterocycles. The molecule has 6 nitrogen and oxygen atoms in total. The largest absolute Gasteiger partial charge is 0.477 e. The fraction of sp³-hybridized carbons (Fsp3) is 0.300. The van der Waals surface area contributed by atoms with Crippen LogP contribution in [0, 0.1) is 0 Å². The molecule has 1 aromatic heterocycles. The Balaban J connectivity index is 2.64. The summed E-state index contributed by atoms with van der Waals surface area (Å²) in [6, 6.07) is 2.99. The Kier molecular flexibility index (Phi) is 3.82. The maximum absolute atomic E-state index is 11.3. The molecular formula is C10H13N3O3. The first-order valence-corrected chi connectivity index (χ1v) is 4.64. The summed E-state index contributed by atoms with van der Waals surface area (Å²) in [7, 11) is 3.30. The fourth-order valence-electron chi connectivity index (χ4n) is 0.993. The molecule has 86 valence electrons. The summed E-state index contributed by atoms with van der Waals surface area (Å²) in [5.74, 6) is -1.18. The van der Waals surface area contributed by atoms with E-state index >= 15 is 0 Å². The van der Waals surface area contributed by atoms with Crippen LogP contribution < -0.4 is 5.32 Å². The molecule has 0 fully saturated rings. The Bertz CT molecular complexity index is 404. The van der Waals surface area contributed by atoms with E-state index in [0.29, 0.717) is 5.69 Å². The molecule has 0 bridgehead atoms. The highest BCUT2D eigenvalue weighted by atomic mass is 16.4. The number of carboxylic acid groups (broad SMARTS) is 1. The topological polar surface area (TPSA) is 82.5 Å². The molecule has 0 aromatic carbocycles. The van der Waals surface area contributed by atoms with Crippen LogP contribution in [0.2, 0.25) is 0 Å². The standard InChI is InChI=1S/C10H13N3O3/c1-13(2)9(14)6-12-7-3-4-11-8(5-7)10(15)16/h3-5H,6H2,1-2H3,(H,11,12)(H,15,16). The molecule has 1 rings (SSSR count). The number of aromatic carboxylic acids is 1. The van der Waals surface area contributed by atoms with Gasteiger partial charge in [-0.15, -0.1) is 0 Å². The molecule has 0 spiro atoms. The van der Waals surface area contributed by atoms with Crippen LogP contribution in [0.3, 0.4) is 0 Å². The van der Waals surface area contributed by atoms with Gasteiger partial charge in [0.05, 0.1) is 6.54 Å². The van der Waals surface area contributed by atoms with Crippen molar-refractivity contribution in [3.8, 4) is 0 Å². The summed E-state index contributed by atoms with van der Waals surface area (Å²) < 4.78 is 0. The normalized spacial score (nSPS) is 9.62. The molecule has 0 aliphatic rings. The summed E-state index contributed by atoms with van der Waals surface area (Å²) in [4.78, 5) is 27.0. The molecule has 0 saturated carbocycles. The molecule has 0 aliphatic heterocycles. The number of amides is 1. The van der Waals surface area contributed by atoms with Crippen molar-refractivity contribution in [2.75, 3.05) is 26.0 Å². The lowest BCUT2D eigenvalue weighted by molar-refractivity contribution is -0.126. The van der Waals surface area contributed by atoms with Gasteiger partial charge in [-0.3, -0.25) is 4.79 Å². The van der Waals surface area contributed by atoms with Gasteiger partial charge in [0.25, 0.3) is 0 Å². The number of hydrogen-bond donors (Lipinski definition) is 2. The van der Waals surface area contributed by atoms with E-state index in [1.54, 1.807) is 20.2 Å². The van der Waals surface area contributed by atoms with Crippen LogP contribution in [-0.4, -0.2) is 47.5 Å². The lowest BCUT2D eigenvalue weighted by Gasteiger charge is -2.11. The zero-order chi connectivity index (χ0) is 12.1. The highest BCUT2D eigenvalue weighted by Crippen LogP contribution is 2.07. The van der Waals surface area contributed by atoms with Crippen molar-refractivity contribution >= 4 is 17.6 Å². The summed E-state index contributed by atoms with van der Waals surface area (Å²) in [6.07, 6.45) is 1.38. The molecule has 6 heteroatoms. The van der Waals surface area contributed by atoms with Crippen molar-refractivity contribution in [3.05, 3.63) is 24.0 Å². The monoisotopic (exact) mass is 223 g/mol. The van der Waals surface area contributed by atoms with Gasteiger partial charge in [0.2, 0.25) is 5.91 Å². The van der Waals surface area contributed by atoms with Crippen LogP contribution in [0.25, 0.3) is 0 Å². The average Bonchev–Trinajstić information content (AvgIpc) is 2.26. The van der Waals surface area contributed by atoms with Gasteiger partial charge in [0, 0.05) is 26.0 Å². The van der Waals surface area contributed by atoms with Crippen LogP contribution in [0.1, 0.15) is 10.5 Å². The average molecular weight is 223 g/mol. The second-order valence-electron chi connectivity index (χ2n) is 3.38. The van der Waals surface area contributed by atoms with E-state index in [2.05, 4.69) is 10.3 Å². The number of nitrogens with zero attached hydrogens (tertiary/aromatic N) is 2. The van der Waals surface area contributed by atoms with Crippen LogP contribution in [0.5, 0.6) is 0 Å². The van der Waals surface area contributed by atoms with Crippen LogP contribution in [-0.2, 0) is 4.79 Å². The minimum absolute atomic E-state index is 0.0534. The number of carbonyl (C=O) groups is 2. The van der Waals surface area contributed by atoms with E-state index in [1.165, 1.54) is 17.2 Å². The summed E-state index contributed by atoms with van der Waals surface area (Å²) in [5, 5.41) is 11.5. The molecule has 0 atom stereocenters. The number of carbonyl (C=O) groups excluding carboxylic acids is 1. The Morgan fingerprint density at radius 1 is 1.50 bits per heavy atom. The number of hydrogen-bond acceptors (Lipinski definition) is 4. The SMILES string of the molecule is CN(C)C(=O)CNc1ccnc(C(=O)O)c1. The second-order valence-corrected chi connectivity index (χ2v) is 3.38. The van der Waals surface area contributed by atoms with Crippen molar-refractivity contribution < 1.29 is 14.7 Å². The maximum atomic E-state index is 11.3. The number of anilines is 1. The molecule has 0 radical (unpaired) electrons. The zero-order valence-electron chi connectivity index (χ0n) is 9.10. The number of carboxylic acids is 1. The van der Waals surface area contributed by atoms with E-state index in [9.17, 15) is 9.59 Å². The fourth-order valence-corrected chi connectivity index (χ4v) is 0.993. The van der Waals surface area contributed by atoms with Crippen molar-refractivity contribution in [3.63, 3.8) is 0 Å². The third-order valence-electron chi connectivity index (χ3n) is 1.92. The van der Waals surface area contributed by atoms with Crippen molar-refractivity contribution in [1.29, 1.82) is 0 Å². The van der Waals surface area contributed by atoms with Crippen molar-refractivity contribution in [1.82, 2.24) is 9.88 Å². The van der Waals surface area contributed by atoms with Crippen molar-refractivity contribution in [2.24, 2.45) is 0 Å². The zero-order valence-corrected chi connectivity index (χ0v) is 9.10. The quantitative estimate of drug-likeness (QED) is 0.766. The summed E-state index contributed by atoms with van der Waals surface area (Å²) in [5.41, 5.74) is 0.505. The molecule has 0 aliphatic carbocycles.